The van der Waals surface area contributed by atoms with Crippen molar-refractivity contribution in [1.29, 1.82) is 0 Å². The molecule has 0 radical (unpaired) electrons. The Morgan fingerprint density at radius 1 is 0.393 bits per heavy atom. The Hall–Kier alpha value is -6.27. The van der Waals surface area contributed by atoms with Crippen LogP contribution in [0, 0.1) is 5.92 Å². The van der Waals surface area contributed by atoms with Gasteiger partial charge in [0.2, 0.25) is 0 Å². The first-order valence-corrected chi connectivity index (χ1v) is 19.8. The van der Waals surface area contributed by atoms with Gasteiger partial charge in [-0.2, -0.15) is 15.3 Å². The van der Waals surface area contributed by atoms with Gasteiger partial charge in [-0.1, -0.05) is 182 Å². The maximum atomic E-state index is 5.58. The third-order valence-corrected chi connectivity index (χ3v) is 10.0. The molecule has 6 aromatic carbocycles. The van der Waals surface area contributed by atoms with Crippen LogP contribution in [0.1, 0.15) is 59.6 Å². The number of rotatable bonds is 16. The first-order valence-electron chi connectivity index (χ1n) is 19.8. The summed E-state index contributed by atoms with van der Waals surface area (Å²) in [4.78, 5) is 0. The molecule has 282 valence electrons. The smallest absolute Gasteiger partial charge is 0.0790 e. The lowest BCUT2D eigenvalue weighted by atomic mass is 9.82. The van der Waals surface area contributed by atoms with E-state index in [9.17, 15) is 0 Å². The SMILES string of the molecule is CC(=NN(Cc1ccccc1)Cc1ccccc1)C1C(=NN(Cc2ccccc2)Cc2ccccc2)CCCC1=NN(Cc1ccccc1)Cc1ccccc1. The van der Waals surface area contributed by atoms with Crippen molar-refractivity contribution in [3.63, 3.8) is 0 Å². The lowest BCUT2D eigenvalue weighted by Gasteiger charge is -2.32. The summed E-state index contributed by atoms with van der Waals surface area (Å²) in [5.74, 6) is -0.152. The van der Waals surface area contributed by atoms with Crippen LogP contribution in [0.2, 0.25) is 0 Å². The first-order chi connectivity index (χ1) is 27.6. The van der Waals surface area contributed by atoms with Gasteiger partial charge in [0.25, 0.3) is 0 Å². The number of hydrogen-bond acceptors (Lipinski definition) is 6. The van der Waals surface area contributed by atoms with Gasteiger partial charge in [0.15, 0.2) is 0 Å². The van der Waals surface area contributed by atoms with Crippen LogP contribution in [0.15, 0.2) is 197 Å². The molecule has 0 atom stereocenters. The van der Waals surface area contributed by atoms with E-state index < -0.39 is 0 Å². The molecule has 0 N–H and O–H groups in total. The maximum absolute atomic E-state index is 5.58. The normalized spacial score (nSPS) is 15.8. The third kappa shape index (κ3) is 11.4. The molecule has 56 heavy (non-hydrogen) atoms. The fourth-order valence-corrected chi connectivity index (χ4v) is 7.42. The number of nitrogens with zero attached hydrogens (tertiary/aromatic N) is 6. The Bertz CT molecular complexity index is 1910. The molecule has 0 amide bonds. The molecule has 0 bridgehead atoms. The molecule has 1 fully saturated rings. The Balaban J connectivity index is 1.31. The van der Waals surface area contributed by atoms with Crippen molar-refractivity contribution in [2.45, 2.75) is 65.5 Å². The molecular formula is C50H52N6. The van der Waals surface area contributed by atoms with Crippen LogP contribution in [0.5, 0.6) is 0 Å². The summed E-state index contributed by atoms with van der Waals surface area (Å²) in [7, 11) is 0. The Labute approximate surface area is 333 Å². The summed E-state index contributed by atoms with van der Waals surface area (Å²) in [5.41, 5.74) is 10.6. The van der Waals surface area contributed by atoms with Crippen molar-refractivity contribution < 1.29 is 0 Å². The van der Waals surface area contributed by atoms with Crippen LogP contribution >= 0.6 is 0 Å². The fraction of sp³-hybridized carbons (Fsp3) is 0.220. The summed E-state index contributed by atoms with van der Waals surface area (Å²) in [6.45, 7) is 6.39. The van der Waals surface area contributed by atoms with Crippen molar-refractivity contribution in [2.75, 3.05) is 0 Å². The molecule has 0 spiro atoms. The van der Waals surface area contributed by atoms with E-state index >= 15 is 0 Å². The Morgan fingerprint density at radius 2 is 0.643 bits per heavy atom. The van der Waals surface area contributed by atoms with Gasteiger partial charge in [0.05, 0.1) is 56.6 Å². The van der Waals surface area contributed by atoms with Crippen molar-refractivity contribution >= 4 is 17.1 Å². The Morgan fingerprint density at radius 3 is 0.911 bits per heavy atom. The zero-order valence-corrected chi connectivity index (χ0v) is 32.4. The van der Waals surface area contributed by atoms with Crippen LogP contribution in [0.4, 0.5) is 0 Å². The van der Waals surface area contributed by atoms with Gasteiger partial charge >= 0.3 is 0 Å². The molecule has 6 aromatic rings. The Kier molecular flexibility index (Phi) is 13.5. The molecule has 0 heterocycles. The topological polar surface area (TPSA) is 46.8 Å². The average Bonchev–Trinajstić information content (AvgIpc) is 3.23. The van der Waals surface area contributed by atoms with Crippen molar-refractivity contribution in [3.05, 3.63) is 215 Å². The highest BCUT2D eigenvalue weighted by atomic mass is 15.5. The third-order valence-electron chi connectivity index (χ3n) is 10.0. The van der Waals surface area contributed by atoms with Crippen LogP contribution in [0.25, 0.3) is 0 Å². The van der Waals surface area contributed by atoms with Gasteiger partial charge in [-0.05, 0) is 59.6 Å². The molecule has 1 aliphatic rings. The highest BCUT2D eigenvalue weighted by Crippen LogP contribution is 2.26. The van der Waals surface area contributed by atoms with E-state index in [1.54, 1.807) is 0 Å². The molecule has 1 aliphatic carbocycles. The standard InChI is InChI=1S/C50H52N6/c1-41(51-54(35-42-21-8-2-9-22-42)36-43-23-10-3-11-24-43)50-48(52-55(37-44-25-12-4-13-26-44)38-45-27-14-5-15-28-45)33-20-34-49(50)53-56(39-46-29-16-6-17-30-46)40-47-31-18-7-19-32-47/h2-19,21-32,50H,20,33-40H2,1H3. The molecule has 1 saturated carbocycles. The van der Waals surface area contributed by atoms with Crippen LogP contribution < -0.4 is 0 Å². The minimum atomic E-state index is -0.152. The minimum absolute atomic E-state index is 0.152. The molecular weight excluding hydrogens is 685 g/mol. The van der Waals surface area contributed by atoms with Crippen LogP contribution in [0.3, 0.4) is 0 Å². The average molecular weight is 737 g/mol. The van der Waals surface area contributed by atoms with Gasteiger partial charge in [-0.15, -0.1) is 0 Å². The number of benzene rings is 6. The van der Waals surface area contributed by atoms with Gasteiger partial charge in [0, 0.05) is 5.71 Å². The lowest BCUT2D eigenvalue weighted by molar-refractivity contribution is 0.263. The zero-order chi connectivity index (χ0) is 38.2. The number of hydrogen-bond donors (Lipinski definition) is 0. The summed E-state index contributed by atoms with van der Waals surface area (Å²) in [5, 5.41) is 23.3. The predicted octanol–water partition coefficient (Wildman–Crippen LogP) is 11.0. The highest BCUT2D eigenvalue weighted by molar-refractivity contribution is 6.24. The second-order valence-electron chi connectivity index (χ2n) is 14.6. The van der Waals surface area contributed by atoms with E-state index in [1.807, 2.05) is 0 Å². The second-order valence-corrected chi connectivity index (χ2v) is 14.6. The second kappa shape index (κ2) is 19.9. The van der Waals surface area contributed by atoms with E-state index in [4.69, 9.17) is 15.3 Å². The van der Waals surface area contributed by atoms with E-state index in [1.165, 1.54) is 33.4 Å². The van der Waals surface area contributed by atoms with Gasteiger partial charge in [-0.3, -0.25) is 15.0 Å². The molecule has 7 rings (SSSR count). The van der Waals surface area contributed by atoms with Crippen molar-refractivity contribution in [3.8, 4) is 0 Å². The predicted molar refractivity (Wildman–Crippen MR) is 232 cm³/mol. The summed E-state index contributed by atoms with van der Waals surface area (Å²) < 4.78 is 0. The molecule has 0 aromatic heterocycles. The summed E-state index contributed by atoms with van der Waals surface area (Å²) in [6.07, 6.45) is 2.74. The number of hydrazone groups is 3. The van der Waals surface area contributed by atoms with Crippen molar-refractivity contribution in [2.24, 2.45) is 21.2 Å². The molecule has 0 aliphatic heterocycles. The largest absolute Gasteiger partial charge is 0.288 e. The monoisotopic (exact) mass is 736 g/mol. The lowest BCUT2D eigenvalue weighted by Crippen LogP contribution is -2.38. The zero-order valence-electron chi connectivity index (χ0n) is 32.4. The quantitative estimate of drug-likeness (QED) is 0.0734. The van der Waals surface area contributed by atoms with Crippen molar-refractivity contribution in [1.82, 2.24) is 15.0 Å². The van der Waals surface area contributed by atoms with E-state index in [2.05, 4.69) is 204 Å². The first kappa shape index (κ1) is 38.0. The summed E-state index contributed by atoms with van der Waals surface area (Å²) in [6, 6.07) is 63.9. The van der Waals surface area contributed by atoms with Gasteiger partial charge < -0.3 is 0 Å². The van der Waals surface area contributed by atoms with E-state index in [0.717, 1.165) is 36.4 Å². The molecule has 0 unspecified atom stereocenters. The van der Waals surface area contributed by atoms with E-state index in [0.29, 0.717) is 39.3 Å². The highest BCUT2D eigenvalue weighted by Gasteiger charge is 2.32. The maximum Gasteiger partial charge on any atom is 0.0790 e. The molecule has 6 nitrogen and oxygen atoms in total. The fourth-order valence-electron chi connectivity index (χ4n) is 7.42. The molecule has 6 heteroatoms. The van der Waals surface area contributed by atoms with Crippen LogP contribution in [-0.2, 0) is 39.3 Å². The summed E-state index contributed by atoms with van der Waals surface area (Å²) >= 11 is 0. The molecule has 0 saturated heterocycles. The minimum Gasteiger partial charge on any atom is -0.288 e. The van der Waals surface area contributed by atoms with Gasteiger partial charge in [0.1, 0.15) is 0 Å². The van der Waals surface area contributed by atoms with E-state index in [-0.39, 0.29) is 5.92 Å². The van der Waals surface area contributed by atoms with Crippen LogP contribution in [-0.4, -0.2) is 32.2 Å². The van der Waals surface area contributed by atoms with Gasteiger partial charge in [-0.25, -0.2) is 0 Å².